The van der Waals surface area contributed by atoms with Crippen LogP contribution in [0.3, 0.4) is 0 Å². The molecule has 11 nitrogen and oxygen atoms in total. The number of aromatic amines is 1. The molecule has 2 heterocycles. The van der Waals surface area contributed by atoms with Gasteiger partial charge >= 0.3 is 12.0 Å². The fourth-order valence-electron chi connectivity index (χ4n) is 4.84. The van der Waals surface area contributed by atoms with Gasteiger partial charge in [-0.3, -0.25) is 9.89 Å². The van der Waals surface area contributed by atoms with E-state index in [-0.39, 0.29) is 38.5 Å². The molecule has 0 aliphatic carbocycles. The lowest BCUT2D eigenvalue weighted by molar-refractivity contribution is -0.245. The Hall–Kier alpha value is -4.23. The summed E-state index contributed by atoms with van der Waals surface area (Å²) in [4.78, 5) is 27.9. The summed E-state index contributed by atoms with van der Waals surface area (Å²) in [5.41, 5.74) is 5.62. The van der Waals surface area contributed by atoms with Crippen molar-refractivity contribution in [3.8, 4) is 11.1 Å². The third kappa shape index (κ3) is 8.44. The number of aliphatic hydroxyl groups excluding tert-OH is 1. The average Bonchev–Trinajstić information content (AvgIpc) is 3.60. The zero-order valence-electron chi connectivity index (χ0n) is 24.3. The molecule has 1 aliphatic heterocycles. The maximum Gasteiger partial charge on any atom is 0.325 e. The Kier molecular flexibility index (Phi) is 11.0. The highest BCUT2D eigenvalue weighted by Crippen LogP contribution is 2.39. The van der Waals surface area contributed by atoms with Crippen molar-refractivity contribution in [3.05, 3.63) is 101 Å². The Balaban J connectivity index is 1.28. The molecular formula is C32H35N5O6S. The molecule has 0 bridgehead atoms. The van der Waals surface area contributed by atoms with Crippen LogP contribution in [-0.4, -0.2) is 57.3 Å². The molecule has 4 N–H and O–H groups in total. The number of aromatic nitrogens is 3. The number of benzene rings is 3. The van der Waals surface area contributed by atoms with Gasteiger partial charge in [0.25, 0.3) is 0 Å². The Morgan fingerprint density at radius 1 is 1.02 bits per heavy atom. The van der Waals surface area contributed by atoms with E-state index in [0.29, 0.717) is 12.2 Å². The van der Waals surface area contributed by atoms with Crippen LogP contribution in [0.2, 0.25) is 0 Å². The first-order chi connectivity index (χ1) is 21.5. The Morgan fingerprint density at radius 3 is 2.52 bits per heavy atom. The third-order valence-electron chi connectivity index (χ3n) is 7.06. The number of rotatable bonds is 12. The number of thioether (sulfide) groups is 1. The summed E-state index contributed by atoms with van der Waals surface area (Å²) in [6.07, 6.45) is 1.27. The number of nitrogens with one attached hydrogen (secondary N) is 3. The first-order valence-electron chi connectivity index (χ1n) is 14.4. The van der Waals surface area contributed by atoms with Crippen molar-refractivity contribution in [1.82, 2.24) is 25.8 Å². The summed E-state index contributed by atoms with van der Waals surface area (Å²) >= 11 is 1.55. The molecule has 12 heteroatoms. The molecule has 1 aromatic heterocycles. The largest absolute Gasteiger partial charge is 0.465 e. The van der Waals surface area contributed by atoms with E-state index in [0.717, 1.165) is 38.5 Å². The fourth-order valence-corrected chi connectivity index (χ4v) is 5.63. The van der Waals surface area contributed by atoms with Crippen LogP contribution in [0.1, 0.15) is 48.0 Å². The lowest BCUT2D eigenvalue weighted by Crippen LogP contribution is -2.38. The van der Waals surface area contributed by atoms with Crippen molar-refractivity contribution in [2.24, 2.45) is 0 Å². The number of aliphatic hydroxyl groups is 1. The van der Waals surface area contributed by atoms with Gasteiger partial charge in [-0.15, -0.1) is 0 Å². The molecule has 1 aliphatic rings. The molecule has 1 fully saturated rings. The molecule has 3 atom stereocenters. The summed E-state index contributed by atoms with van der Waals surface area (Å²) in [7, 11) is 0. The molecule has 0 spiro atoms. The second-order valence-electron chi connectivity index (χ2n) is 10.1. The Morgan fingerprint density at radius 2 is 1.80 bits per heavy atom. The van der Waals surface area contributed by atoms with Gasteiger partial charge < -0.3 is 30.0 Å². The van der Waals surface area contributed by atoms with Crippen molar-refractivity contribution in [3.63, 3.8) is 0 Å². The van der Waals surface area contributed by atoms with Crippen molar-refractivity contribution in [2.75, 3.05) is 18.9 Å². The SMILES string of the molecule is CCOC(=O)CNC(=O)NCc1ccccc1-c1ccc([C@@H]2O[C@H](CSc3ncn[nH]3)C[C@H](c3ccc(CO)cc3)O2)cc1. The minimum absolute atomic E-state index is 0.0117. The molecule has 1 saturated heterocycles. The van der Waals surface area contributed by atoms with Gasteiger partial charge in [0.05, 0.1) is 25.4 Å². The molecule has 0 radical (unpaired) electrons. The van der Waals surface area contributed by atoms with Crippen molar-refractivity contribution in [1.29, 1.82) is 0 Å². The number of carbonyl (C=O) groups is 2. The smallest absolute Gasteiger partial charge is 0.325 e. The van der Waals surface area contributed by atoms with Gasteiger partial charge in [-0.1, -0.05) is 84.6 Å². The standard InChI is InChI=1S/C32H35N5O6S/c1-2-41-29(39)17-34-31(40)33-16-25-5-3-4-6-27(25)22-11-13-24(14-12-22)30-42-26(19-44-32-35-20-36-37-32)15-28(43-30)23-9-7-21(18-38)8-10-23/h3-14,20,26,28,30,38H,2,15-19H2,1H3,(H2,33,34,40)(H,35,36,37)/t26-,28+,30+/m0/s1. The normalized spacial score (nSPS) is 18.0. The fraction of sp³-hybridized carbons (Fsp3) is 0.312. The van der Waals surface area contributed by atoms with Gasteiger partial charge in [0.1, 0.15) is 12.9 Å². The number of H-pyrrole nitrogens is 1. The second kappa shape index (κ2) is 15.5. The lowest BCUT2D eigenvalue weighted by atomic mass is 9.98. The van der Waals surface area contributed by atoms with E-state index >= 15 is 0 Å². The first-order valence-corrected chi connectivity index (χ1v) is 15.3. The van der Waals surface area contributed by atoms with Crippen LogP contribution in [0.4, 0.5) is 4.79 Å². The number of carbonyl (C=O) groups excluding carboxylic acids is 2. The van der Waals surface area contributed by atoms with Crippen molar-refractivity contribution in [2.45, 2.75) is 50.2 Å². The van der Waals surface area contributed by atoms with E-state index in [9.17, 15) is 14.7 Å². The minimum Gasteiger partial charge on any atom is -0.465 e. The number of esters is 1. The van der Waals surface area contributed by atoms with Gasteiger partial charge in [0.15, 0.2) is 11.4 Å². The molecule has 230 valence electrons. The monoisotopic (exact) mass is 617 g/mol. The van der Waals surface area contributed by atoms with Gasteiger partial charge in [-0.2, -0.15) is 5.10 Å². The molecule has 0 unspecified atom stereocenters. The van der Waals surface area contributed by atoms with Gasteiger partial charge in [-0.25, -0.2) is 9.78 Å². The predicted octanol–water partition coefficient (Wildman–Crippen LogP) is 4.66. The van der Waals surface area contributed by atoms with Crippen LogP contribution in [0.15, 0.2) is 84.3 Å². The number of nitrogens with zero attached hydrogens (tertiary/aromatic N) is 2. The molecule has 2 amide bonds. The lowest BCUT2D eigenvalue weighted by Gasteiger charge is -2.36. The van der Waals surface area contributed by atoms with Gasteiger partial charge in [-0.05, 0) is 34.7 Å². The molecule has 44 heavy (non-hydrogen) atoms. The van der Waals surface area contributed by atoms with Crippen LogP contribution in [0.25, 0.3) is 11.1 Å². The number of hydrogen-bond donors (Lipinski definition) is 4. The van der Waals surface area contributed by atoms with E-state index < -0.39 is 18.3 Å². The van der Waals surface area contributed by atoms with Crippen LogP contribution in [-0.2, 0) is 32.2 Å². The van der Waals surface area contributed by atoms with E-state index in [4.69, 9.17) is 14.2 Å². The van der Waals surface area contributed by atoms with Crippen LogP contribution < -0.4 is 10.6 Å². The highest BCUT2D eigenvalue weighted by atomic mass is 32.2. The molecule has 0 saturated carbocycles. The van der Waals surface area contributed by atoms with E-state index in [1.807, 2.05) is 72.8 Å². The number of amides is 2. The number of urea groups is 1. The quantitative estimate of drug-likeness (QED) is 0.132. The summed E-state index contributed by atoms with van der Waals surface area (Å²) < 4.78 is 17.7. The summed E-state index contributed by atoms with van der Waals surface area (Å²) in [6.45, 7) is 2.05. The van der Waals surface area contributed by atoms with E-state index in [1.54, 1.807) is 18.7 Å². The number of hydrogen-bond acceptors (Lipinski definition) is 9. The van der Waals surface area contributed by atoms with E-state index in [1.165, 1.54) is 6.33 Å². The maximum atomic E-state index is 12.2. The molecular weight excluding hydrogens is 582 g/mol. The number of ether oxygens (including phenoxy) is 3. The average molecular weight is 618 g/mol. The summed E-state index contributed by atoms with van der Waals surface area (Å²) in [5, 5.41) is 22.3. The maximum absolute atomic E-state index is 12.2. The highest BCUT2D eigenvalue weighted by molar-refractivity contribution is 7.99. The predicted molar refractivity (Wildman–Crippen MR) is 164 cm³/mol. The minimum atomic E-state index is -0.583. The Labute approximate surface area is 259 Å². The molecule has 3 aromatic carbocycles. The highest BCUT2D eigenvalue weighted by Gasteiger charge is 2.32. The molecule has 5 rings (SSSR count). The zero-order chi connectivity index (χ0) is 30.7. The topological polar surface area (TPSA) is 148 Å². The van der Waals surface area contributed by atoms with E-state index in [2.05, 4.69) is 25.8 Å². The van der Waals surface area contributed by atoms with Gasteiger partial charge in [0.2, 0.25) is 0 Å². The summed E-state index contributed by atoms with van der Waals surface area (Å²) in [6, 6.07) is 23.2. The molecule has 4 aromatic rings. The second-order valence-corrected chi connectivity index (χ2v) is 11.1. The van der Waals surface area contributed by atoms with Crippen LogP contribution in [0.5, 0.6) is 0 Å². The van der Waals surface area contributed by atoms with Crippen molar-refractivity contribution >= 4 is 23.8 Å². The first kappa shape index (κ1) is 31.2. The van der Waals surface area contributed by atoms with Crippen LogP contribution >= 0.6 is 11.8 Å². The summed E-state index contributed by atoms with van der Waals surface area (Å²) in [5.74, 6) is 0.187. The Bertz CT molecular complexity index is 1500. The third-order valence-corrected chi connectivity index (χ3v) is 8.07. The van der Waals surface area contributed by atoms with Crippen molar-refractivity contribution < 1.29 is 28.9 Å². The zero-order valence-corrected chi connectivity index (χ0v) is 25.1. The van der Waals surface area contributed by atoms with Crippen LogP contribution in [0, 0.1) is 0 Å². The van der Waals surface area contributed by atoms with Gasteiger partial charge in [0, 0.05) is 24.3 Å².